The van der Waals surface area contributed by atoms with Gasteiger partial charge in [-0.2, -0.15) is 0 Å². The quantitative estimate of drug-likeness (QED) is 0.422. The van der Waals surface area contributed by atoms with E-state index in [0.717, 1.165) is 0 Å². The minimum Gasteiger partial charge on any atom is -0.0654 e. The first-order chi connectivity index (χ1) is 9.32. The monoisotopic (exact) mass is 275 g/mol. The lowest BCUT2D eigenvalue weighted by Gasteiger charge is -2.22. The second kappa shape index (κ2) is 7.25. The summed E-state index contributed by atoms with van der Waals surface area (Å²) in [6, 6.07) is 9.12. The lowest BCUT2D eigenvalue weighted by atomic mass is 10.2. The van der Waals surface area contributed by atoms with Gasteiger partial charge in [0.05, 0.1) is 25.4 Å². The predicted molar refractivity (Wildman–Crippen MR) is 90.8 cm³/mol. The zero-order valence-electron chi connectivity index (χ0n) is 12.6. The first-order valence-electron chi connectivity index (χ1n) is 7.98. The van der Waals surface area contributed by atoms with Gasteiger partial charge in [0.15, 0.2) is 0 Å². The molecule has 0 N–H and O–H groups in total. The van der Waals surface area contributed by atoms with E-state index in [1.807, 2.05) is 0 Å². The Morgan fingerprint density at radius 3 is 2.11 bits per heavy atom. The van der Waals surface area contributed by atoms with Crippen molar-refractivity contribution in [2.24, 2.45) is 0 Å². The SMILES string of the molecule is CCCCC[P+]1(CCCCC)C=Cc2ccccc21. The van der Waals surface area contributed by atoms with Gasteiger partial charge in [-0.1, -0.05) is 57.7 Å². The molecule has 2 rings (SSSR count). The molecule has 0 saturated heterocycles. The summed E-state index contributed by atoms with van der Waals surface area (Å²) in [7, 11) is -0.977. The molecule has 0 spiro atoms. The van der Waals surface area contributed by atoms with Crippen LogP contribution in [-0.4, -0.2) is 12.3 Å². The van der Waals surface area contributed by atoms with Crippen LogP contribution in [0.4, 0.5) is 0 Å². The van der Waals surface area contributed by atoms with Gasteiger partial charge in [-0.25, -0.2) is 0 Å². The van der Waals surface area contributed by atoms with Gasteiger partial charge in [0, 0.05) is 5.56 Å². The minimum atomic E-state index is -0.977. The molecule has 1 aliphatic heterocycles. The van der Waals surface area contributed by atoms with Crippen molar-refractivity contribution in [3.8, 4) is 0 Å². The Balaban J connectivity index is 2.13. The summed E-state index contributed by atoms with van der Waals surface area (Å²) in [5.74, 6) is 2.61. The van der Waals surface area contributed by atoms with E-state index in [1.54, 1.807) is 5.30 Å². The molecule has 19 heavy (non-hydrogen) atoms. The van der Waals surface area contributed by atoms with E-state index in [-0.39, 0.29) is 0 Å². The van der Waals surface area contributed by atoms with Crippen LogP contribution in [-0.2, 0) is 0 Å². The maximum Gasteiger partial charge on any atom is 0.106 e. The fraction of sp³-hybridized carbons (Fsp3) is 0.556. The Morgan fingerprint density at radius 2 is 1.47 bits per heavy atom. The van der Waals surface area contributed by atoms with Crippen LogP contribution in [0.1, 0.15) is 57.9 Å². The zero-order valence-corrected chi connectivity index (χ0v) is 13.5. The average molecular weight is 275 g/mol. The van der Waals surface area contributed by atoms with Crippen LogP contribution in [0.3, 0.4) is 0 Å². The van der Waals surface area contributed by atoms with Crippen molar-refractivity contribution in [1.82, 2.24) is 0 Å². The summed E-state index contributed by atoms with van der Waals surface area (Å²) >= 11 is 0. The molecule has 0 atom stereocenters. The van der Waals surface area contributed by atoms with Crippen LogP contribution in [0.5, 0.6) is 0 Å². The third kappa shape index (κ3) is 3.48. The van der Waals surface area contributed by atoms with Crippen molar-refractivity contribution in [3.05, 3.63) is 35.6 Å². The van der Waals surface area contributed by atoms with Crippen molar-refractivity contribution in [1.29, 1.82) is 0 Å². The standard InChI is InChI=1S/C18H28P/c1-3-5-9-14-19(15-10-6-4-2)16-13-17-11-7-8-12-18(17)19/h7-8,11-13,16H,3-6,9-10,14-15H2,1-2H3/q+1. The lowest BCUT2D eigenvalue weighted by molar-refractivity contribution is 0.761. The van der Waals surface area contributed by atoms with Gasteiger partial charge in [-0.05, 0) is 25.0 Å². The lowest BCUT2D eigenvalue weighted by Crippen LogP contribution is -2.15. The molecule has 0 aromatic heterocycles. The fourth-order valence-corrected chi connectivity index (χ4v) is 7.36. The molecule has 0 aliphatic carbocycles. The molecule has 0 bridgehead atoms. The third-order valence-corrected chi connectivity index (χ3v) is 8.59. The molecular weight excluding hydrogens is 247 g/mol. The maximum absolute atomic E-state index is 2.61. The van der Waals surface area contributed by atoms with Crippen molar-refractivity contribution in [2.45, 2.75) is 52.4 Å². The van der Waals surface area contributed by atoms with Gasteiger partial charge in [-0.15, -0.1) is 0 Å². The second-order valence-corrected chi connectivity index (χ2v) is 9.51. The molecule has 0 fully saturated rings. The van der Waals surface area contributed by atoms with Crippen molar-refractivity contribution < 1.29 is 0 Å². The highest BCUT2D eigenvalue weighted by atomic mass is 31.2. The summed E-state index contributed by atoms with van der Waals surface area (Å²) in [6.07, 6.45) is 13.6. The summed E-state index contributed by atoms with van der Waals surface area (Å²) in [5, 5.41) is 1.70. The molecule has 104 valence electrons. The van der Waals surface area contributed by atoms with Crippen LogP contribution in [0.25, 0.3) is 6.08 Å². The first kappa shape index (κ1) is 14.8. The normalized spacial score (nSPS) is 15.7. The first-order valence-corrected chi connectivity index (χ1v) is 10.2. The predicted octanol–water partition coefficient (Wildman–Crippen LogP) is 5.69. The third-order valence-electron chi connectivity index (χ3n) is 4.28. The van der Waals surface area contributed by atoms with E-state index < -0.39 is 7.26 Å². The number of benzene rings is 1. The number of unbranched alkanes of at least 4 members (excludes halogenated alkanes) is 4. The molecule has 1 heterocycles. The van der Waals surface area contributed by atoms with Crippen LogP contribution in [0, 0.1) is 0 Å². The number of hydrogen-bond donors (Lipinski definition) is 0. The summed E-state index contributed by atoms with van der Waals surface area (Å²) in [5.41, 5.74) is 1.50. The smallest absolute Gasteiger partial charge is 0.0654 e. The molecule has 0 unspecified atom stereocenters. The van der Waals surface area contributed by atoms with E-state index in [0.29, 0.717) is 0 Å². The van der Waals surface area contributed by atoms with Gasteiger partial charge in [-0.3, -0.25) is 0 Å². The van der Waals surface area contributed by atoms with Crippen LogP contribution < -0.4 is 5.30 Å². The Morgan fingerprint density at radius 1 is 0.842 bits per heavy atom. The minimum absolute atomic E-state index is 0.977. The van der Waals surface area contributed by atoms with E-state index in [1.165, 1.54) is 56.4 Å². The molecule has 0 saturated carbocycles. The van der Waals surface area contributed by atoms with Crippen molar-refractivity contribution in [3.63, 3.8) is 0 Å². The fourth-order valence-electron chi connectivity index (χ4n) is 3.13. The van der Waals surface area contributed by atoms with Gasteiger partial charge in [0.1, 0.15) is 5.30 Å². The highest BCUT2D eigenvalue weighted by Crippen LogP contribution is 2.64. The van der Waals surface area contributed by atoms with Gasteiger partial charge >= 0.3 is 0 Å². The Kier molecular flexibility index (Phi) is 5.64. The molecule has 0 amide bonds. The van der Waals surface area contributed by atoms with Crippen LogP contribution in [0.2, 0.25) is 0 Å². The molecule has 1 aliphatic rings. The van der Waals surface area contributed by atoms with Crippen molar-refractivity contribution in [2.75, 3.05) is 12.3 Å². The van der Waals surface area contributed by atoms with E-state index >= 15 is 0 Å². The van der Waals surface area contributed by atoms with Gasteiger partial charge in [0.2, 0.25) is 0 Å². The van der Waals surface area contributed by atoms with Crippen LogP contribution >= 0.6 is 7.26 Å². The Hall–Kier alpha value is -0.610. The Labute approximate surface area is 119 Å². The van der Waals surface area contributed by atoms with Crippen LogP contribution in [0.15, 0.2) is 30.1 Å². The molecule has 0 radical (unpaired) electrons. The zero-order chi connectivity index (χ0) is 13.6. The highest BCUT2D eigenvalue weighted by molar-refractivity contribution is 7.86. The number of hydrogen-bond acceptors (Lipinski definition) is 0. The number of fused-ring (bicyclic) bond motifs is 1. The Bertz CT molecular complexity index is 409. The molecule has 1 heteroatoms. The topological polar surface area (TPSA) is 0 Å². The molecule has 1 aromatic rings. The van der Waals surface area contributed by atoms with E-state index in [9.17, 15) is 0 Å². The van der Waals surface area contributed by atoms with E-state index in [4.69, 9.17) is 0 Å². The summed E-state index contributed by atoms with van der Waals surface area (Å²) in [6.45, 7) is 4.61. The second-order valence-electron chi connectivity index (χ2n) is 5.77. The largest absolute Gasteiger partial charge is 0.106 e. The molecular formula is C18H28P+. The molecule has 0 nitrogen and oxygen atoms in total. The number of rotatable bonds is 8. The highest BCUT2D eigenvalue weighted by Gasteiger charge is 2.41. The van der Waals surface area contributed by atoms with E-state index in [2.05, 4.69) is 50.0 Å². The van der Waals surface area contributed by atoms with Gasteiger partial charge in [0.25, 0.3) is 0 Å². The summed E-state index contributed by atoms with van der Waals surface area (Å²) < 4.78 is 0. The average Bonchev–Trinajstić information content (AvgIpc) is 2.80. The van der Waals surface area contributed by atoms with Crippen molar-refractivity contribution >= 4 is 18.6 Å². The summed E-state index contributed by atoms with van der Waals surface area (Å²) in [4.78, 5) is 0. The maximum atomic E-state index is 2.61. The molecule has 1 aromatic carbocycles. The van der Waals surface area contributed by atoms with Gasteiger partial charge < -0.3 is 0 Å².